The maximum atomic E-state index is 11.4. The zero-order valence-electron chi connectivity index (χ0n) is 10.9. The molecule has 0 bridgehead atoms. The Kier molecular flexibility index (Phi) is 3.06. The number of carbonyl (C=O) groups is 1. The van der Waals surface area contributed by atoms with E-state index >= 15 is 0 Å². The van der Waals surface area contributed by atoms with Gasteiger partial charge in [-0.05, 0) is 37.0 Å². The second kappa shape index (κ2) is 4.74. The molecular weight excluding hydrogens is 242 g/mol. The van der Waals surface area contributed by atoms with Gasteiger partial charge in [0.1, 0.15) is 0 Å². The molecule has 1 heterocycles. The van der Waals surface area contributed by atoms with Crippen LogP contribution in [-0.2, 0) is 11.2 Å². The average molecular weight is 261 g/mol. The van der Waals surface area contributed by atoms with Crippen LogP contribution in [0.1, 0.15) is 24.8 Å². The molecule has 0 saturated heterocycles. The van der Waals surface area contributed by atoms with Crippen LogP contribution >= 0.6 is 0 Å². The molecule has 0 atom stereocenters. The number of anilines is 3. The molecule has 1 fully saturated rings. The highest BCUT2D eigenvalue weighted by Gasteiger charge is 2.30. The third-order valence-corrected chi connectivity index (χ3v) is 3.79. The zero-order chi connectivity index (χ0) is 13.4. The summed E-state index contributed by atoms with van der Waals surface area (Å²) in [5.74, 6) is 0.0501. The molecule has 4 N–H and O–H groups in total. The maximum Gasteiger partial charge on any atom is 0.224 e. The largest absolute Gasteiger partial charge is 0.397 e. The molecule has 3 rings (SSSR count). The Balaban J connectivity index is 1.95. The van der Waals surface area contributed by atoms with E-state index in [-0.39, 0.29) is 12.5 Å². The normalized spacial score (nSPS) is 17.8. The summed E-state index contributed by atoms with van der Waals surface area (Å²) in [5.41, 5.74) is 9.73. The van der Waals surface area contributed by atoms with Crippen LogP contribution in [0.4, 0.5) is 17.1 Å². The maximum absolute atomic E-state index is 11.4. The number of rotatable bonds is 4. The summed E-state index contributed by atoms with van der Waals surface area (Å²) >= 11 is 0. The first kappa shape index (κ1) is 12.3. The summed E-state index contributed by atoms with van der Waals surface area (Å²) in [6.07, 6.45) is 3.60. The summed E-state index contributed by atoms with van der Waals surface area (Å²) in [6, 6.07) is 4.41. The molecule has 102 valence electrons. The summed E-state index contributed by atoms with van der Waals surface area (Å²) in [7, 11) is 0. The molecule has 1 saturated carbocycles. The van der Waals surface area contributed by atoms with Gasteiger partial charge in [-0.2, -0.15) is 0 Å². The molecule has 0 unspecified atom stereocenters. The number of aliphatic hydroxyl groups is 1. The first-order chi connectivity index (χ1) is 9.19. The number of fused-ring (bicyclic) bond motifs is 1. The number of nitrogens with one attached hydrogen (secondary N) is 1. The van der Waals surface area contributed by atoms with Gasteiger partial charge in [-0.15, -0.1) is 0 Å². The van der Waals surface area contributed by atoms with Gasteiger partial charge in [-0.1, -0.05) is 0 Å². The Morgan fingerprint density at radius 3 is 2.84 bits per heavy atom. The monoisotopic (exact) mass is 261 g/mol. The Bertz CT molecular complexity index is 512. The average Bonchev–Trinajstić information content (AvgIpc) is 3.20. The highest BCUT2D eigenvalue weighted by Crippen LogP contribution is 2.38. The van der Waals surface area contributed by atoms with E-state index in [4.69, 9.17) is 5.73 Å². The van der Waals surface area contributed by atoms with Crippen LogP contribution in [0.3, 0.4) is 0 Å². The number of hydrogen-bond acceptors (Lipinski definition) is 4. The summed E-state index contributed by atoms with van der Waals surface area (Å²) in [5, 5.41) is 12.1. The van der Waals surface area contributed by atoms with Gasteiger partial charge in [-0.3, -0.25) is 4.79 Å². The van der Waals surface area contributed by atoms with Crippen LogP contribution in [0.15, 0.2) is 12.1 Å². The van der Waals surface area contributed by atoms with E-state index in [2.05, 4.69) is 16.3 Å². The van der Waals surface area contributed by atoms with Gasteiger partial charge < -0.3 is 21.1 Å². The summed E-state index contributed by atoms with van der Waals surface area (Å²) in [4.78, 5) is 13.6. The van der Waals surface area contributed by atoms with Crippen molar-refractivity contribution in [1.29, 1.82) is 0 Å². The number of benzene rings is 1. The second-order valence-corrected chi connectivity index (χ2v) is 5.26. The first-order valence-electron chi connectivity index (χ1n) is 6.79. The van der Waals surface area contributed by atoms with Crippen LogP contribution in [0.5, 0.6) is 0 Å². The first-order valence-corrected chi connectivity index (χ1v) is 6.79. The minimum Gasteiger partial charge on any atom is -0.397 e. The number of nitrogens with two attached hydrogens (primary N) is 1. The van der Waals surface area contributed by atoms with Crippen LogP contribution in [0, 0.1) is 0 Å². The Morgan fingerprint density at radius 2 is 2.16 bits per heavy atom. The minimum absolute atomic E-state index is 0.0501. The van der Waals surface area contributed by atoms with E-state index < -0.39 is 0 Å². The fourth-order valence-corrected chi connectivity index (χ4v) is 2.67. The van der Waals surface area contributed by atoms with Crippen molar-refractivity contribution < 1.29 is 9.90 Å². The Hall–Kier alpha value is -1.75. The fraction of sp³-hybridized carbons (Fsp3) is 0.500. The molecule has 1 aliphatic heterocycles. The fourth-order valence-electron chi connectivity index (χ4n) is 2.67. The molecule has 19 heavy (non-hydrogen) atoms. The highest BCUT2D eigenvalue weighted by molar-refractivity contribution is 5.95. The van der Waals surface area contributed by atoms with Gasteiger partial charge in [0, 0.05) is 24.7 Å². The number of amides is 1. The van der Waals surface area contributed by atoms with Crippen molar-refractivity contribution in [3.8, 4) is 0 Å². The van der Waals surface area contributed by atoms with Gasteiger partial charge in [0.05, 0.1) is 18.0 Å². The molecule has 1 aromatic rings. The molecule has 0 spiro atoms. The smallest absolute Gasteiger partial charge is 0.224 e. The van der Waals surface area contributed by atoms with E-state index in [9.17, 15) is 9.90 Å². The van der Waals surface area contributed by atoms with Gasteiger partial charge >= 0.3 is 0 Å². The SMILES string of the molecule is Nc1cc2c(cc1N(CCO)C1CC1)CCC(=O)N2. The van der Waals surface area contributed by atoms with Crippen molar-refractivity contribution >= 4 is 23.0 Å². The van der Waals surface area contributed by atoms with Crippen LogP contribution in [-0.4, -0.2) is 30.2 Å². The lowest BCUT2D eigenvalue weighted by Crippen LogP contribution is -2.30. The summed E-state index contributed by atoms with van der Waals surface area (Å²) < 4.78 is 0. The van der Waals surface area contributed by atoms with Gasteiger partial charge in [-0.25, -0.2) is 0 Å². The van der Waals surface area contributed by atoms with Crippen LogP contribution in [0.2, 0.25) is 0 Å². The predicted molar refractivity (Wildman–Crippen MR) is 75.3 cm³/mol. The second-order valence-electron chi connectivity index (χ2n) is 5.26. The topological polar surface area (TPSA) is 78.6 Å². The van der Waals surface area contributed by atoms with Gasteiger partial charge in [0.25, 0.3) is 0 Å². The molecule has 1 amide bonds. The summed E-state index contributed by atoms with van der Waals surface area (Å²) in [6.45, 7) is 0.740. The molecule has 0 radical (unpaired) electrons. The van der Waals surface area contributed by atoms with Gasteiger partial charge in [0.2, 0.25) is 5.91 Å². The lowest BCUT2D eigenvalue weighted by Gasteiger charge is -2.28. The van der Waals surface area contributed by atoms with Crippen molar-refractivity contribution in [3.05, 3.63) is 17.7 Å². The molecule has 2 aliphatic rings. The third kappa shape index (κ3) is 2.38. The van der Waals surface area contributed by atoms with E-state index in [0.29, 0.717) is 24.7 Å². The number of nitrogen functional groups attached to an aromatic ring is 1. The van der Waals surface area contributed by atoms with Crippen LogP contribution in [0.25, 0.3) is 0 Å². The van der Waals surface area contributed by atoms with Crippen molar-refractivity contribution in [2.45, 2.75) is 31.7 Å². The molecule has 5 heteroatoms. The third-order valence-electron chi connectivity index (χ3n) is 3.79. The van der Waals surface area contributed by atoms with Crippen molar-refractivity contribution in [3.63, 3.8) is 0 Å². The van der Waals surface area contributed by atoms with Crippen LogP contribution < -0.4 is 16.0 Å². The van der Waals surface area contributed by atoms with E-state index in [1.165, 1.54) is 0 Å². The number of nitrogens with zero attached hydrogens (tertiary/aromatic N) is 1. The van der Waals surface area contributed by atoms with Crippen molar-refractivity contribution in [2.75, 3.05) is 29.1 Å². The van der Waals surface area contributed by atoms with E-state index in [0.717, 1.165) is 36.2 Å². The standard InChI is InChI=1S/C14H19N3O2/c15-11-8-12-9(1-4-14(19)16-12)7-13(11)17(5-6-18)10-2-3-10/h7-8,10,18H,1-6,15H2,(H,16,19). The van der Waals surface area contributed by atoms with Crippen molar-refractivity contribution in [1.82, 2.24) is 0 Å². The molecule has 1 aliphatic carbocycles. The number of aliphatic hydroxyl groups excluding tert-OH is 1. The number of hydrogen-bond donors (Lipinski definition) is 3. The van der Waals surface area contributed by atoms with Crippen molar-refractivity contribution in [2.24, 2.45) is 0 Å². The molecule has 1 aromatic carbocycles. The Labute approximate surface area is 112 Å². The zero-order valence-corrected chi connectivity index (χ0v) is 10.9. The lowest BCUT2D eigenvalue weighted by molar-refractivity contribution is -0.116. The highest BCUT2D eigenvalue weighted by atomic mass is 16.3. The number of aryl methyl sites for hydroxylation is 1. The molecule has 0 aromatic heterocycles. The minimum atomic E-state index is 0.0501. The number of carbonyl (C=O) groups excluding carboxylic acids is 1. The van der Waals surface area contributed by atoms with E-state index in [1.807, 2.05) is 6.07 Å². The Morgan fingerprint density at radius 1 is 1.37 bits per heavy atom. The molecule has 5 nitrogen and oxygen atoms in total. The predicted octanol–water partition coefficient (Wildman–Crippen LogP) is 1.11. The van der Waals surface area contributed by atoms with E-state index in [1.54, 1.807) is 0 Å². The lowest BCUT2D eigenvalue weighted by atomic mass is 10.0. The van der Waals surface area contributed by atoms with Gasteiger partial charge in [0.15, 0.2) is 0 Å². The quantitative estimate of drug-likeness (QED) is 0.710. The molecular formula is C14H19N3O2.